The van der Waals surface area contributed by atoms with Gasteiger partial charge in [-0.1, -0.05) is 66.7 Å². The zero-order chi connectivity index (χ0) is 26.0. The van der Waals surface area contributed by atoms with E-state index in [0.717, 1.165) is 0 Å². The summed E-state index contributed by atoms with van der Waals surface area (Å²) in [6, 6.07) is 28.6. The number of amides is 1. The highest BCUT2D eigenvalue weighted by Gasteiger charge is 2.31. The van der Waals surface area contributed by atoms with Crippen LogP contribution in [0.4, 0.5) is 10.5 Å². The van der Waals surface area contributed by atoms with Crippen LogP contribution in [-0.4, -0.2) is 35.6 Å². The molecule has 1 amide bonds. The van der Waals surface area contributed by atoms with Crippen LogP contribution in [-0.2, 0) is 14.3 Å². The van der Waals surface area contributed by atoms with E-state index < -0.39 is 24.3 Å². The number of thiol groups is 1. The summed E-state index contributed by atoms with van der Waals surface area (Å²) in [4.78, 5) is 24.8. The van der Waals surface area contributed by atoms with Gasteiger partial charge in [-0.2, -0.15) is 12.6 Å². The molecule has 0 aromatic heterocycles. The van der Waals surface area contributed by atoms with E-state index >= 15 is 0 Å². The molecule has 0 unspecified atom stereocenters. The van der Waals surface area contributed by atoms with Crippen LogP contribution in [0, 0.1) is 0 Å². The molecule has 190 valence electrons. The van der Waals surface area contributed by atoms with Gasteiger partial charge < -0.3 is 19.3 Å². The molecule has 0 saturated carbocycles. The largest absolute Gasteiger partial charge is 0.507 e. The molecule has 0 aliphatic carbocycles. The highest BCUT2D eigenvalue weighted by molar-refractivity contribution is 7.81. The number of anilines is 1. The molecule has 0 spiro atoms. The predicted octanol–water partition coefficient (Wildman–Crippen LogP) is 6.15. The minimum absolute atomic E-state index is 0.0348. The normalized spacial score (nSPS) is 12.4. The Morgan fingerprint density at radius 3 is 2.19 bits per heavy atom. The van der Waals surface area contributed by atoms with Crippen LogP contribution in [0.2, 0.25) is 0 Å². The minimum atomic E-state index is -0.913. The molecule has 0 heterocycles. The lowest BCUT2D eigenvalue weighted by molar-refractivity contribution is -0.141. The molecule has 4 aromatic rings. The SMILES string of the molecule is O=C(CS)OCC[C@@H](Oc1ccccc1)[C@H](OC(=O)Nc1ccccc1)c1ccc(O)c2ccccc12. The third kappa shape index (κ3) is 6.95. The van der Waals surface area contributed by atoms with Crippen molar-refractivity contribution >= 4 is 41.2 Å². The molecule has 4 rings (SSSR count). The van der Waals surface area contributed by atoms with Crippen molar-refractivity contribution in [2.24, 2.45) is 0 Å². The maximum absolute atomic E-state index is 13.1. The van der Waals surface area contributed by atoms with Crippen LogP contribution in [0.1, 0.15) is 18.1 Å². The highest BCUT2D eigenvalue weighted by Crippen LogP contribution is 2.36. The summed E-state index contributed by atoms with van der Waals surface area (Å²) < 4.78 is 17.6. The quantitative estimate of drug-likeness (QED) is 0.173. The fourth-order valence-corrected chi connectivity index (χ4v) is 4.05. The van der Waals surface area contributed by atoms with Gasteiger partial charge in [-0.25, -0.2) is 4.79 Å². The van der Waals surface area contributed by atoms with E-state index in [-0.39, 0.29) is 24.5 Å². The lowest BCUT2D eigenvalue weighted by Crippen LogP contribution is -2.32. The summed E-state index contributed by atoms with van der Waals surface area (Å²) in [5.74, 6) is 0.158. The van der Waals surface area contributed by atoms with Gasteiger partial charge >= 0.3 is 12.1 Å². The van der Waals surface area contributed by atoms with E-state index in [2.05, 4.69) is 17.9 Å². The van der Waals surface area contributed by atoms with Crippen LogP contribution in [0.15, 0.2) is 97.1 Å². The number of carbonyl (C=O) groups is 2. The Bertz CT molecular complexity index is 1330. The summed E-state index contributed by atoms with van der Waals surface area (Å²) in [6.45, 7) is 0.0348. The third-order valence-electron chi connectivity index (χ3n) is 5.66. The first-order valence-electron chi connectivity index (χ1n) is 11.8. The first kappa shape index (κ1) is 25.9. The second-order valence-corrected chi connectivity index (χ2v) is 8.49. The van der Waals surface area contributed by atoms with Crippen molar-refractivity contribution in [3.05, 3.63) is 103 Å². The van der Waals surface area contributed by atoms with Gasteiger partial charge in [0.05, 0.1) is 12.4 Å². The van der Waals surface area contributed by atoms with Gasteiger partial charge in [-0.05, 0) is 35.7 Å². The molecule has 0 radical (unpaired) electrons. The predicted molar refractivity (Wildman–Crippen MR) is 145 cm³/mol. The topological polar surface area (TPSA) is 94.1 Å². The average molecular weight is 518 g/mol. The second-order valence-electron chi connectivity index (χ2n) is 8.17. The molecule has 0 saturated heterocycles. The summed E-state index contributed by atoms with van der Waals surface area (Å²) in [6.07, 6.45) is -2.09. The fraction of sp³-hybridized carbons (Fsp3) is 0.172. The Labute approximate surface area is 220 Å². The van der Waals surface area contributed by atoms with E-state index in [1.807, 2.05) is 42.5 Å². The number of phenols is 1. The molecular formula is C29H27NO6S. The number of ether oxygens (including phenoxy) is 3. The van der Waals surface area contributed by atoms with Gasteiger partial charge in [0.25, 0.3) is 0 Å². The first-order chi connectivity index (χ1) is 18.0. The standard InChI is InChI=1S/C29H27NO6S/c31-25-16-15-24(22-13-7-8-14-23(22)25)28(36-29(33)30-20-9-3-1-4-10-20)26(17-18-34-27(32)19-37)35-21-11-5-2-6-12-21/h1-16,26,28,31,37H,17-19H2,(H,30,33)/t26-,28-/m1/s1. The molecule has 7 nitrogen and oxygen atoms in total. The second kappa shape index (κ2) is 12.7. The smallest absolute Gasteiger partial charge is 0.412 e. The summed E-state index contributed by atoms with van der Waals surface area (Å²) in [5.41, 5.74) is 1.21. The van der Waals surface area contributed by atoms with Crippen LogP contribution < -0.4 is 10.1 Å². The van der Waals surface area contributed by atoms with Crippen molar-refractivity contribution in [2.45, 2.75) is 18.6 Å². The lowest BCUT2D eigenvalue weighted by Gasteiger charge is -2.29. The van der Waals surface area contributed by atoms with Crippen LogP contribution in [0.25, 0.3) is 10.8 Å². The highest BCUT2D eigenvalue weighted by atomic mass is 32.1. The monoisotopic (exact) mass is 517 g/mol. The van der Waals surface area contributed by atoms with Gasteiger partial charge in [0.15, 0.2) is 6.10 Å². The minimum Gasteiger partial charge on any atom is -0.507 e. The molecule has 0 aliphatic rings. The fourth-order valence-electron chi connectivity index (χ4n) is 3.96. The number of carbonyl (C=O) groups excluding carboxylic acids is 2. The summed E-state index contributed by atoms with van der Waals surface area (Å²) in [7, 11) is 0. The number of para-hydroxylation sites is 2. The summed E-state index contributed by atoms with van der Waals surface area (Å²) >= 11 is 3.95. The number of benzene rings is 4. The molecule has 8 heteroatoms. The molecule has 0 aliphatic heterocycles. The Balaban J connectivity index is 1.72. The number of hydrogen-bond acceptors (Lipinski definition) is 7. The lowest BCUT2D eigenvalue weighted by atomic mass is 9.95. The Kier molecular flexibility index (Phi) is 8.89. The molecule has 4 aromatic carbocycles. The van der Waals surface area contributed by atoms with E-state index in [1.165, 1.54) is 0 Å². The van der Waals surface area contributed by atoms with Gasteiger partial charge in [-0.3, -0.25) is 10.1 Å². The molecule has 0 bridgehead atoms. The van der Waals surface area contributed by atoms with Crippen molar-refractivity contribution in [1.29, 1.82) is 0 Å². The third-order valence-corrected chi connectivity index (χ3v) is 5.92. The van der Waals surface area contributed by atoms with Crippen molar-refractivity contribution in [2.75, 3.05) is 17.7 Å². The first-order valence-corrected chi connectivity index (χ1v) is 12.4. The van der Waals surface area contributed by atoms with Crippen molar-refractivity contribution in [3.63, 3.8) is 0 Å². The van der Waals surface area contributed by atoms with Crippen LogP contribution in [0.3, 0.4) is 0 Å². The maximum atomic E-state index is 13.1. The Hall–Kier alpha value is -4.17. The molecule has 37 heavy (non-hydrogen) atoms. The zero-order valence-electron chi connectivity index (χ0n) is 19.9. The number of aromatic hydroxyl groups is 1. The number of rotatable bonds is 10. The van der Waals surface area contributed by atoms with E-state index in [0.29, 0.717) is 27.8 Å². The van der Waals surface area contributed by atoms with E-state index in [9.17, 15) is 14.7 Å². The van der Waals surface area contributed by atoms with E-state index in [4.69, 9.17) is 14.2 Å². The Morgan fingerprint density at radius 2 is 1.49 bits per heavy atom. The zero-order valence-corrected chi connectivity index (χ0v) is 20.8. The van der Waals surface area contributed by atoms with Crippen molar-refractivity contribution in [1.82, 2.24) is 0 Å². The van der Waals surface area contributed by atoms with Crippen molar-refractivity contribution < 1.29 is 28.9 Å². The van der Waals surface area contributed by atoms with Gasteiger partial charge in [0, 0.05) is 23.1 Å². The Morgan fingerprint density at radius 1 is 0.838 bits per heavy atom. The number of nitrogens with one attached hydrogen (secondary N) is 1. The number of hydrogen-bond donors (Lipinski definition) is 3. The number of fused-ring (bicyclic) bond motifs is 1. The maximum Gasteiger partial charge on any atom is 0.412 e. The molecule has 2 N–H and O–H groups in total. The number of esters is 1. The molecule has 2 atom stereocenters. The van der Waals surface area contributed by atoms with Crippen LogP contribution >= 0.6 is 12.6 Å². The number of phenolic OH excluding ortho intramolecular Hbond substituents is 1. The van der Waals surface area contributed by atoms with Gasteiger partial charge in [0.2, 0.25) is 0 Å². The van der Waals surface area contributed by atoms with Crippen LogP contribution in [0.5, 0.6) is 11.5 Å². The van der Waals surface area contributed by atoms with Gasteiger partial charge in [-0.15, -0.1) is 0 Å². The van der Waals surface area contributed by atoms with Gasteiger partial charge in [0.1, 0.15) is 17.6 Å². The van der Waals surface area contributed by atoms with E-state index in [1.54, 1.807) is 54.6 Å². The molecule has 0 fully saturated rings. The average Bonchev–Trinajstić information content (AvgIpc) is 2.93. The van der Waals surface area contributed by atoms with Crippen molar-refractivity contribution in [3.8, 4) is 11.5 Å². The summed E-state index contributed by atoms with van der Waals surface area (Å²) in [5, 5.41) is 14.5. The molecular weight excluding hydrogens is 490 g/mol.